The number of carbonyl (C=O) groups is 2. The molecule has 15 heavy (non-hydrogen) atoms. The molecule has 0 saturated carbocycles. The van der Waals surface area contributed by atoms with Crippen LogP contribution in [0.5, 0.6) is 11.5 Å². The van der Waals surface area contributed by atoms with E-state index in [9.17, 15) is 14.7 Å². The molecule has 0 amide bonds. The fraction of sp³-hybridized carbons (Fsp3) is 0.200. The Bertz CT molecular complexity index is 376. The SMILES string of the molecule is O=Cc1cccc(O)c1OC(=O)CCCl. The molecule has 0 aliphatic heterocycles. The third-order valence-corrected chi connectivity index (χ3v) is 1.86. The van der Waals surface area contributed by atoms with Crippen LogP contribution in [0.4, 0.5) is 0 Å². The predicted octanol–water partition coefficient (Wildman–Crippen LogP) is 1.74. The molecule has 80 valence electrons. The maximum atomic E-state index is 11.1. The van der Waals surface area contributed by atoms with E-state index in [4.69, 9.17) is 16.3 Å². The summed E-state index contributed by atoms with van der Waals surface area (Å²) in [4.78, 5) is 21.7. The molecule has 0 atom stereocenters. The Morgan fingerprint density at radius 2 is 2.27 bits per heavy atom. The van der Waals surface area contributed by atoms with Gasteiger partial charge in [-0.2, -0.15) is 0 Å². The van der Waals surface area contributed by atoms with Crippen molar-refractivity contribution in [2.45, 2.75) is 6.42 Å². The molecule has 0 bridgehead atoms. The van der Waals surface area contributed by atoms with Gasteiger partial charge < -0.3 is 9.84 Å². The molecule has 0 radical (unpaired) electrons. The molecule has 1 aromatic carbocycles. The van der Waals surface area contributed by atoms with Crippen LogP contribution in [-0.4, -0.2) is 23.2 Å². The lowest BCUT2D eigenvalue weighted by molar-refractivity contribution is -0.134. The van der Waals surface area contributed by atoms with Gasteiger partial charge in [0.1, 0.15) is 0 Å². The molecular weight excluding hydrogens is 220 g/mol. The van der Waals surface area contributed by atoms with Crippen LogP contribution in [0.3, 0.4) is 0 Å². The first-order valence-corrected chi connectivity index (χ1v) is 4.76. The third-order valence-electron chi connectivity index (χ3n) is 1.67. The number of phenols is 1. The van der Waals surface area contributed by atoms with Crippen molar-refractivity contribution in [3.05, 3.63) is 23.8 Å². The Labute approximate surface area is 91.4 Å². The lowest BCUT2D eigenvalue weighted by Crippen LogP contribution is -2.09. The number of hydrogen-bond acceptors (Lipinski definition) is 4. The van der Waals surface area contributed by atoms with Gasteiger partial charge in [-0.1, -0.05) is 6.07 Å². The number of phenolic OH excluding ortho intramolecular Hbond substituents is 1. The highest BCUT2D eigenvalue weighted by Crippen LogP contribution is 2.29. The van der Waals surface area contributed by atoms with Crippen molar-refractivity contribution >= 4 is 23.9 Å². The van der Waals surface area contributed by atoms with E-state index in [1.165, 1.54) is 18.2 Å². The lowest BCUT2D eigenvalue weighted by Gasteiger charge is -2.07. The smallest absolute Gasteiger partial charge is 0.312 e. The van der Waals surface area contributed by atoms with Crippen molar-refractivity contribution in [2.24, 2.45) is 0 Å². The molecule has 0 fully saturated rings. The van der Waals surface area contributed by atoms with E-state index in [1.807, 2.05) is 0 Å². The molecule has 0 unspecified atom stereocenters. The summed E-state index contributed by atoms with van der Waals surface area (Å²) in [5, 5.41) is 9.37. The number of alkyl halides is 1. The van der Waals surface area contributed by atoms with Crippen LogP contribution < -0.4 is 4.74 Å². The average molecular weight is 229 g/mol. The number of aromatic hydroxyl groups is 1. The van der Waals surface area contributed by atoms with Crippen LogP contribution in [0.25, 0.3) is 0 Å². The van der Waals surface area contributed by atoms with Crippen LogP contribution in [-0.2, 0) is 4.79 Å². The summed E-state index contributed by atoms with van der Waals surface area (Å²) in [5.41, 5.74) is 0.123. The summed E-state index contributed by atoms with van der Waals surface area (Å²) >= 11 is 5.34. The second-order valence-corrected chi connectivity index (χ2v) is 3.10. The maximum Gasteiger partial charge on any atom is 0.312 e. The molecule has 4 nitrogen and oxygen atoms in total. The summed E-state index contributed by atoms with van der Waals surface area (Å²) in [6, 6.07) is 4.25. The van der Waals surface area contributed by atoms with Gasteiger partial charge in [0.2, 0.25) is 0 Å². The van der Waals surface area contributed by atoms with Crippen LogP contribution in [0.15, 0.2) is 18.2 Å². The molecule has 0 aliphatic rings. The molecule has 1 aromatic rings. The number of rotatable bonds is 4. The lowest BCUT2D eigenvalue weighted by atomic mass is 10.2. The highest BCUT2D eigenvalue weighted by Gasteiger charge is 2.12. The first-order chi connectivity index (χ1) is 7.19. The molecule has 1 rings (SSSR count). The Morgan fingerprint density at radius 1 is 1.53 bits per heavy atom. The van der Waals surface area contributed by atoms with Gasteiger partial charge in [-0.3, -0.25) is 9.59 Å². The molecular formula is C10H9ClO4. The quantitative estimate of drug-likeness (QED) is 0.369. The standard InChI is InChI=1S/C10H9ClO4/c11-5-4-9(14)15-10-7(6-12)2-1-3-8(10)13/h1-3,6,13H,4-5H2. The summed E-state index contributed by atoms with van der Waals surface area (Å²) < 4.78 is 4.80. The maximum absolute atomic E-state index is 11.1. The van der Waals surface area contributed by atoms with Crippen LogP contribution in [0, 0.1) is 0 Å². The van der Waals surface area contributed by atoms with Gasteiger partial charge in [0.05, 0.1) is 12.0 Å². The average Bonchev–Trinajstić information content (AvgIpc) is 2.21. The van der Waals surface area contributed by atoms with E-state index in [1.54, 1.807) is 0 Å². The number of aldehydes is 1. The minimum atomic E-state index is -0.588. The summed E-state index contributed by atoms with van der Waals surface area (Å²) in [5.74, 6) is -0.831. The Morgan fingerprint density at radius 3 is 2.87 bits per heavy atom. The van der Waals surface area contributed by atoms with Crippen LogP contribution in [0.1, 0.15) is 16.8 Å². The number of halogens is 1. The van der Waals surface area contributed by atoms with Crippen LogP contribution >= 0.6 is 11.6 Å². The van der Waals surface area contributed by atoms with E-state index in [0.29, 0.717) is 6.29 Å². The third kappa shape index (κ3) is 2.95. The predicted molar refractivity (Wildman–Crippen MR) is 54.5 cm³/mol. The monoisotopic (exact) mass is 228 g/mol. The normalized spacial score (nSPS) is 9.67. The van der Waals surface area contributed by atoms with Gasteiger partial charge in [0.25, 0.3) is 0 Å². The fourth-order valence-corrected chi connectivity index (χ4v) is 1.14. The number of para-hydroxylation sites is 1. The van der Waals surface area contributed by atoms with E-state index in [-0.39, 0.29) is 29.4 Å². The topological polar surface area (TPSA) is 63.6 Å². The first-order valence-electron chi connectivity index (χ1n) is 4.23. The molecule has 0 saturated heterocycles. The number of hydrogen-bond donors (Lipinski definition) is 1. The minimum absolute atomic E-state index is 0.0220. The van der Waals surface area contributed by atoms with E-state index in [0.717, 1.165) is 0 Å². The van der Waals surface area contributed by atoms with Crippen molar-refractivity contribution in [2.75, 3.05) is 5.88 Å². The van der Waals surface area contributed by atoms with Gasteiger partial charge in [-0.15, -0.1) is 11.6 Å². The van der Waals surface area contributed by atoms with Crippen molar-refractivity contribution in [1.29, 1.82) is 0 Å². The summed E-state index contributed by atoms with van der Waals surface area (Å²) in [6.45, 7) is 0. The zero-order valence-electron chi connectivity index (χ0n) is 7.77. The van der Waals surface area contributed by atoms with Gasteiger partial charge in [-0.25, -0.2) is 0 Å². The number of ether oxygens (including phenoxy) is 1. The van der Waals surface area contributed by atoms with Crippen molar-refractivity contribution in [1.82, 2.24) is 0 Å². The zero-order chi connectivity index (χ0) is 11.3. The number of benzene rings is 1. The van der Waals surface area contributed by atoms with Gasteiger partial charge >= 0.3 is 5.97 Å². The largest absolute Gasteiger partial charge is 0.504 e. The Hall–Kier alpha value is -1.55. The van der Waals surface area contributed by atoms with Gasteiger partial charge in [0.15, 0.2) is 17.8 Å². The number of esters is 1. The molecule has 5 heteroatoms. The molecule has 0 aliphatic carbocycles. The molecule has 0 spiro atoms. The molecule has 0 aromatic heterocycles. The van der Waals surface area contributed by atoms with Crippen LogP contribution in [0.2, 0.25) is 0 Å². The highest BCUT2D eigenvalue weighted by molar-refractivity contribution is 6.18. The summed E-state index contributed by atoms with van der Waals surface area (Å²) in [7, 11) is 0. The first kappa shape index (κ1) is 11.5. The zero-order valence-corrected chi connectivity index (χ0v) is 8.53. The van der Waals surface area contributed by atoms with Crippen molar-refractivity contribution in [3.63, 3.8) is 0 Å². The summed E-state index contributed by atoms with van der Waals surface area (Å²) in [6.07, 6.45) is 0.525. The Balaban J connectivity index is 2.92. The van der Waals surface area contributed by atoms with Crippen molar-refractivity contribution in [3.8, 4) is 11.5 Å². The molecule has 0 heterocycles. The van der Waals surface area contributed by atoms with E-state index < -0.39 is 5.97 Å². The Kier molecular flexibility index (Phi) is 4.12. The van der Waals surface area contributed by atoms with Gasteiger partial charge in [0, 0.05) is 5.88 Å². The second kappa shape index (κ2) is 5.36. The van der Waals surface area contributed by atoms with Gasteiger partial charge in [-0.05, 0) is 12.1 Å². The van der Waals surface area contributed by atoms with E-state index >= 15 is 0 Å². The highest BCUT2D eigenvalue weighted by atomic mass is 35.5. The number of carbonyl (C=O) groups excluding carboxylic acids is 2. The second-order valence-electron chi connectivity index (χ2n) is 2.73. The fourth-order valence-electron chi connectivity index (χ4n) is 0.988. The minimum Gasteiger partial charge on any atom is -0.504 e. The van der Waals surface area contributed by atoms with E-state index in [2.05, 4.69) is 0 Å². The molecule has 1 N–H and O–H groups in total. The van der Waals surface area contributed by atoms with Crippen molar-refractivity contribution < 1.29 is 19.4 Å².